The molecular weight excluding hydrogens is 353 g/mol. The molecule has 2 aromatic rings. The van der Waals surface area contributed by atoms with Gasteiger partial charge in [0, 0.05) is 5.69 Å². The van der Waals surface area contributed by atoms with E-state index in [-0.39, 0.29) is 17.5 Å². The fourth-order valence-corrected chi connectivity index (χ4v) is 2.15. The molecule has 1 heterocycles. The van der Waals surface area contributed by atoms with Crippen LogP contribution in [0.15, 0.2) is 41.5 Å². The fraction of sp³-hybridized carbons (Fsp3) is 0.0625. The molecule has 2 amide bonds. The average molecular weight is 364 g/mol. The first kappa shape index (κ1) is 16.7. The molecule has 0 fully saturated rings. The third kappa shape index (κ3) is 4.04. The Morgan fingerprint density at radius 2 is 1.92 bits per heavy atom. The molecule has 7 nitrogen and oxygen atoms in total. The summed E-state index contributed by atoms with van der Waals surface area (Å²) in [6.07, 6.45) is 1.35. The van der Waals surface area contributed by atoms with Gasteiger partial charge in [-0.05, 0) is 42.0 Å². The van der Waals surface area contributed by atoms with Crippen molar-refractivity contribution in [3.05, 3.63) is 52.8 Å². The number of ether oxygens (including phenoxy) is 2. The Bertz CT molecular complexity index is 872. The Hall–Kier alpha value is -3.13. The van der Waals surface area contributed by atoms with Gasteiger partial charge in [0.25, 0.3) is 0 Å². The monoisotopic (exact) mass is 363 g/mol. The molecule has 2 N–H and O–H groups in total. The first-order valence-electron chi connectivity index (χ1n) is 7.02. The summed E-state index contributed by atoms with van der Waals surface area (Å²) in [6.45, 7) is 0.153. The van der Waals surface area contributed by atoms with Gasteiger partial charge in [0.05, 0.1) is 11.2 Å². The molecule has 2 aromatic carbocycles. The minimum Gasteiger partial charge on any atom is -0.454 e. The molecule has 9 heteroatoms. The topological polar surface area (TPSA) is 89.0 Å². The van der Waals surface area contributed by atoms with Gasteiger partial charge in [-0.3, -0.25) is 9.59 Å². The van der Waals surface area contributed by atoms with Crippen LogP contribution < -0.4 is 20.2 Å². The lowest BCUT2D eigenvalue weighted by Gasteiger charge is -2.04. The molecule has 0 aliphatic carbocycles. The Morgan fingerprint density at radius 1 is 1.12 bits per heavy atom. The zero-order chi connectivity index (χ0) is 17.8. The van der Waals surface area contributed by atoms with Gasteiger partial charge in [0.1, 0.15) is 5.82 Å². The number of anilines is 1. The highest BCUT2D eigenvalue weighted by atomic mass is 35.5. The van der Waals surface area contributed by atoms with Crippen LogP contribution in [0.1, 0.15) is 5.56 Å². The highest BCUT2D eigenvalue weighted by Gasteiger charge is 2.14. The number of carbonyl (C=O) groups is 2. The van der Waals surface area contributed by atoms with Crippen LogP contribution in [-0.4, -0.2) is 24.8 Å². The molecule has 0 bridgehead atoms. The van der Waals surface area contributed by atoms with Crippen molar-refractivity contribution in [1.82, 2.24) is 5.43 Å². The van der Waals surface area contributed by atoms with Crippen LogP contribution in [0.25, 0.3) is 0 Å². The van der Waals surface area contributed by atoms with Gasteiger partial charge >= 0.3 is 11.8 Å². The zero-order valence-electron chi connectivity index (χ0n) is 12.6. The van der Waals surface area contributed by atoms with E-state index >= 15 is 0 Å². The first-order valence-corrected chi connectivity index (χ1v) is 7.40. The van der Waals surface area contributed by atoms with Crippen molar-refractivity contribution in [2.45, 2.75) is 0 Å². The Morgan fingerprint density at radius 3 is 2.72 bits per heavy atom. The van der Waals surface area contributed by atoms with Crippen molar-refractivity contribution in [2.75, 3.05) is 12.1 Å². The van der Waals surface area contributed by atoms with Crippen LogP contribution in [0, 0.1) is 5.82 Å². The summed E-state index contributed by atoms with van der Waals surface area (Å²) in [5.41, 5.74) is 2.92. The van der Waals surface area contributed by atoms with Crippen molar-refractivity contribution in [3.8, 4) is 11.5 Å². The van der Waals surface area contributed by atoms with Crippen molar-refractivity contribution < 1.29 is 23.5 Å². The van der Waals surface area contributed by atoms with Gasteiger partial charge in [0.2, 0.25) is 6.79 Å². The molecule has 0 spiro atoms. The Balaban J connectivity index is 1.56. The molecule has 0 saturated heterocycles. The summed E-state index contributed by atoms with van der Waals surface area (Å²) < 4.78 is 23.4. The molecule has 3 rings (SSSR count). The highest BCUT2D eigenvalue weighted by molar-refractivity contribution is 6.39. The molecule has 25 heavy (non-hydrogen) atoms. The summed E-state index contributed by atoms with van der Waals surface area (Å²) in [4.78, 5) is 23.4. The van der Waals surface area contributed by atoms with Crippen LogP contribution >= 0.6 is 11.6 Å². The van der Waals surface area contributed by atoms with E-state index in [0.29, 0.717) is 17.1 Å². The summed E-state index contributed by atoms with van der Waals surface area (Å²) in [6, 6.07) is 8.65. The van der Waals surface area contributed by atoms with Gasteiger partial charge in [0.15, 0.2) is 11.5 Å². The SMILES string of the molecule is O=C(NN=Cc1ccc2c(c1)OCO2)C(=O)Nc1ccc(F)c(Cl)c1. The average Bonchev–Trinajstić information content (AvgIpc) is 3.05. The van der Waals surface area contributed by atoms with E-state index in [1.54, 1.807) is 18.2 Å². The lowest BCUT2D eigenvalue weighted by molar-refractivity contribution is -0.136. The van der Waals surface area contributed by atoms with Crippen LogP contribution in [0.5, 0.6) is 11.5 Å². The van der Waals surface area contributed by atoms with Gasteiger partial charge in [-0.2, -0.15) is 5.10 Å². The van der Waals surface area contributed by atoms with Crippen molar-refractivity contribution in [2.24, 2.45) is 5.10 Å². The van der Waals surface area contributed by atoms with Crippen LogP contribution in [0.4, 0.5) is 10.1 Å². The number of hydrogen-bond acceptors (Lipinski definition) is 5. The van der Waals surface area contributed by atoms with Gasteiger partial charge in [-0.25, -0.2) is 9.82 Å². The second-order valence-electron chi connectivity index (χ2n) is 4.89. The first-order chi connectivity index (χ1) is 12.0. The standard InChI is InChI=1S/C16H11ClFN3O4/c17-11-6-10(2-3-12(11)18)20-15(22)16(23)21-19-7-9-1-4-13-14(5-9)25-8-24-13/h1-7H,8H2,(H,20,22)(H,21,23). The smallest absolute Gasteiger partial charge is 0.329 e. The van der Waals surface area contributed by atoms with Crippen molar-refractivity contribution in [3.63, 3.8) is 0 Å². The molecule has 1 aliphatic heterocycles. The number of benzene rings is 2. The third-order valence-corrected chi connectivity index (χ3v) is 3.45. The maximum absolute atomic E-state index is 13.0. The van der Waals surface area contributed by atoms with Crippen molar-refractivity contribution in [1.29, 1.82) is 0 Å². The van der Waals surface area contributed by atoms with E-state index in [4.69, 9.17) is 21.1 Å². The predicted octanol–water partition coefficient (Wildman–Crippen LogP) is 2.30. The number of rotatable bonds is 3. The normalized spacial score (nSPS) is 12.2. The minimum atomic E-state index is -0.988. The molecule has 1 aliphatic rings. The molecule has 0 atom stereocenters. The molecule has 0 unspecified atom stereocenters. The largest absolute Gasteiger partial charge is 0.454 e. The number of hydrogen-bond donors (Lipinski definition) is 2. The second-order valence-corrected chi connectivity index (χ2v) is 5.30. The van der Waals surface area contributed by atoms with E-state index in [1.165, 1.54) is 18.3 Å². The fourth-order valence-electron chi connectivity index (χ4n) is 1.97. The quantitative estimate of drug-likeness (QED) is 0.497. The van der Waals surface area contributed by atoms with Gasteiger partial charge in [-0.15, -0.1) is 0 Å². The van der Waals surface area contributed by atoms with Gasteiger partial charge in [-0.1, -0.05) is 11.6 Å². The second kappa shape index (κ2) is 7.18. The number of halogens is 2. The number of carbonyl (C=O) groups excluding carboxylic acids is 2. The van der Waals surface area contributed by atoms with Crippen LogP contribution in [-0.2, 0) is 9.59 Å². The number of hydrazone groups is 1. The van der Waals surface area contributed by atoms with Crippen molar-refractivity contribution >= 4 is 35.3 Å². The van der Waals surface area contributed by atoms with E-state index < -0.39 is 17.6 Å². The predicted molar refractivity (Wildman–Crippen MR) is 88.3 cm³/mol. The van der Waals surface area contributed by atoms with Gasteiger partial charge < -0.3 is 14.8 Å². The molecule has 0 radical (unpaired) electrons. The van der Waals surface area contributed by atoms with E-state index in [0.717, 1.165) is 6.07 Å². The Labute approximate surface area is 146 Å². The van der Waals surface area contributed by atoms with E-state index in [9.17, 15) is 14.0 Å². The third-order valence-electron chi connectivity index (χ3n) is 3.16. The zero-order valence-corrected chi connectivity index (χ0v) is 13.3. The molecular formula is C16H11ClFN3O4. The number of nitrogens with one attached hydrogen (secondary N) is 2. The number of amides is 2. The number of nitrogens with zero attached hydrogens (tertiary/aromatic N) is 1. The van der Waals surface area contributed by atoms with Crippen LogP contribution in [0.3, 0.4) is 0 Å². The maximum atomic E-state index is 13.0. The number of fused-ring (bicyclic) bond motifs is 1. The van der Waals surface area contributed by atoms with E-state index in [1.807, 2.05) is 0 Å². The maximum Gasteiger partial charge on any atom is 0.329 e. The lowest BCUT2D eigenvalue weighted by Crippen LogP contribution is -2.32. The summed E-state index contributed by atoms with van der Waals surface area (Å²) in [5.74, 6) is -1.39. The summed E-state index contributed by atoms with van der Waals surface area (Å²) >= 11 is 5.60. The van der Waals surface area contributed by atoms with E-state index in [2.05, 4.69) is 15.8 Å². The molecule has 0 saturated carbocycles. The molecule has 128 valence electrons. The molecule has 0 aromatic heterocycles. The summed E-state index contributed by atoms with van der Waals surface area (Å²) in [7, 11) is 0. The minimum absolute atomic E-state index is 0.153. The summed E-state index contributed by atoms with van der Waals surface area (Å²) in [5, 5.41) is 5.81. The Kier molecular flexibility index (Phi) is 4.80. The van der Waals surface area contributed by atoms with Crippen LogP contribution in [0.2, 0.25) is 5.02 Å². The lowest BCUT2D eigenvalue weighted by atomic mass is 10.2. The highest BCUT2D eigenvalue weighted by Crippen LogP contribution is 2.31.